The number of pyridine rings is 1. The number of rotatable bonds is 1. The summed E-state index contributed by atoms with van der Waals surface area (Å²) in [6.07, 6.45) is 1.51. The normalized spacial score (nSPS) is 10.4. The van der Waals surface area contributed by atoms with Crippen LogP contribution in [0.15, 0.2) is 17.1 Å². The lowest BCUT2D eigenvalue weighted by molar-refractivity contribution is 0.0599. The maximum atomic E-state index is 11.3. The Labute approximate surface area is 77.9 Å². The number of carbonyl (C=O) groups is 1. The summed E-state index contributed by atoms with van der Waals surface area (Å²) in [5.74, 6) is -0.658. The van der Waals surface area contributed by atoms with Gasteiger partial charge in [0.2, 0.25) is 0 Å². The Bertz CT molecular complexity index is 540. The number of ether oxygens (including phenoxy) is 1. The zero-order valence-electron chi connectivity index (χ0n) is 7.33. The molecule has 0 fully saturated rings. The first-order valence-corrected chi connectivity index (χ1v) is 3.87. The van der Waals surface area contributed by atoms with Crippen LogP contribution < -0.4 is 5.56 Å². The average molecular weight is 193 g/mol. The lowest BCUT2D eigenvalue weighted by Crippen LogP contribution is -2.18. The van der Waals surface area contributed by atoms with Crippen LogP contribution in [0.25, 0.3) is 11.0 Å². The fraction of sp³-hybridized carbons (Fsp3) is 0.125. The van der Waals surface area contributed by atoms with Crippen LogP contribution in [0.5, 0.6) is 0 Å². The molecule has 0 atom stereocenters. The van der Waals surface area contributed by atoms with Crippen LogP contribution in [0, 0.1) is 0 Å². The molecule has 0 spiro atoms. The molecule has 2 aromatic heterocycles. The first-order valence-electron chi connectivity index (χ1n) is 3.87. The molecule has 6 nitrogen and oxygen atoms in total. The number of hydrogen-bond donors (Lipinski definition) is 2. The lowest BCUT2D eigenvalue weighted by Gasteiger charge is -1.97. The van der Waals surface area contributed by atoms with Gasteiger partial charge in [0.25, 0.3) is 5.56 Å². The number of H-pyrrole nitrogens is 2. The van der Waals surface area contributed by atoms with E-state index in [0.29, 0.717) is 11.0 Å². The number of nitrogens with one attached hydrogen (secondary N) is 2. The topological polar surface area (TPSA) is 87.8 Å². The second-order valence-corrected chi connectivity index (χ2v) is 2.70. The van der Waals surface area contributed by atoms with Crippen molar-refractivity contribution < 1.29 is 9.53 Å². The monoisotopic (exact) mass is 193 g/mol. The lowest BCUT2D eigenvalue weighted by atomic mass is 10.2. The average Bonchev–Trinajstić information content (AvgIpc) is 2.62. The predicted molar refractivity (Wildman–Crippen MR) is 48.1 cm³/mol. The molecule has 0 bridgehead atoms. The minimum absolute atomic E-state index is 0.0265. The Kier molecular flexibility index (Phi) is 1.81. The molecule has 2 aromatic rings. The van der Waals surface area contributed by atoms with Crippen LogP contribution in [0.1, 0.15) is 10.4 Å². The number of carbonyl (C=O) groups excluding carboxylic acids is 1. The van der Waals surface area contributed by atoms with Gasteiger partial charge >= 0.3 is 5.97 Å². The second-order valence-electron chi connectivity index (χ2n) is 2.70. The van der Waals surface area contributed by atoms with Gasteiger partial charge in [-0.3, -0.25) is 9.89 Å². The Morgan fingerprint density at radius 2 is 2.36 bits per heavy atom. The third-order valence-electron chi connectivity index (χ3n) is 1.86. The van der Waals surface area contributed by atoms with Crippen molar-refractivity contribution in [3.05, 3.63) is 28.2 Å². The second kappa shape index (κ2) is 2.99. The molecule has 2 rings (SSSR count). The van der Waals surface area contributed by atoms with Crippen molar-refractivity contribution in [1.82, 2.24) is 15.2 Å². The van der Waals surface area contributed by atoms with Gasteiger partial charge in [0.05, 0.1) is 13.3 Å². The minimum atomic E-state index is -0.658. The third kappa shape index (κ3) is 1.17. The molecule has 0 aliphatic carbocycles. The summed E-state index contributed by atoms with van der Waals surface area (Å²) in [7, 11) is 1.22. The van der Waals surface area contributed by atoms with Crippen LogP contribution in [0.3, 0.4) is 0 Å². The van der Waals surface area contributed by atoms with E-state index in [1.54, 1.807) is 0 Å². The summed E-state index contributed by atoms with van der Waals surface area (Å²) in [6, 6.07) is 1.43. The molecule has 0 saturated carbocycles. The minimum Gasteiger partial charge on any atom is -0.465 e. The molecule has 0 saturated heterocycles. The van der Waals surface area contributed by atoms with Gasteiger partial charge < -0.3 is 9.72 Å². The van der Waals surface area contributed by atoms with Gasteiger partial charge in [-0.25, -0.2) is 4.79 Å². The SMILES string of the molecule is COC(=O)c1cc2cn[nH]c2[nH]c1=O. The number of methoxy groups -OCH3 is 1. The van der Waals surface area contributed by atoms with Gasteiger partial charge in [0.15, 0.2) is 0 Å². The smallest absolute Gasteiger partial charge is 0.343 e. The number of hydrogen-bond acceptors (Lipinski definition) is 4. The van der Waals surface area contributed by atoms with E-state index in [1.807, 2.05) is 0 Å². The van der Waals surface area contributed by atoms with Gasteiger partial charge in [-0.1, -0.05) is 0 Å². The number of nitrogens with zero attached hydrogens (tertiary/aromatic N) is 1. The van der Waals surface area contributed by atoms with Gasteiger partial charge in [0.1, 0.15) is 11.2 Å². The largest absolute Gasteiger partial charge is 0.465 e. The number of fused-ring (bicyclic) bond motifs is 1. The van der Waals surface area contributed by atoms with E-state index in [-0.39, 0.29) is 5.56 Å². The predicted octanol–water partition coefficient (Wildman–Crippen LogP) is 0.0378. The van der Waals surface area contributed by atoms with E-state index in [1.165, 1.54) is 19.4 Å². The fourth-order valence-corrected chi connectivity index (χ4v) is 1.17. The number of aromatic amines is 2. The number of aromatic nitrogens is 3. The van der Waals surface area contributed by atoms with Crippen LogP contribution in [-0.2, 0) is 4.74 Å². The van der Waals surface area contributed by atoms with Crippen molar-refractivity contribution in [3.63, 3.8) is 0 Å². The quantitative estimate of drug-likeness (QED) is 0.626. The van der Waals surface area contributed by atoms with Crippen molar-refractivity contribution in [2.45, 2.75) is 0 Å². The Morgan fingerprint density at radius 3 is 3.07 bits per heavy atom. The standard InChI is InChI=1S/C8H7N3O3/c1-14-8(13)5-2-4-3-9-11-6(4)10-7(5)12/h2-3H,1H3,(H2,9,10,11,12). The van der Waals surface area contributed by atoms with Crippen LogP contribution in [0.2, 0.25) is 0 Å². The highest BCUT2D eigenvalue weighted by molar-refractivity contribution is 5.92. The molecule has 0 aromatic carbocycles. The van der Waals surface area contributed by atoms with E-state index in [0.717, 1.165) is 0 Å². The zero-order valence-corrected chi connectivity index (χ0v) is 7.33. The molecule has 2 N–H and O–H groups in total. The third-order valence-corrected chi connectivity index (χ3v) is 1.86. The number of esters is 1. The van der Waals surface area contributed by atoms with E-state index in [4.69, 9.17) is 0 Å². The maximum absolute atomic E-state index is 11.3. The van der Waals surface area contributed by atoms with Crippen molar-refractivity contribution in [2.24, 2.45) is 0 Å². The van der Waals surface area contributed by atoms with Crippen molar-refractivity contribution in [1.29, 1.82) is 0 Å². The fourth-order valence-electron chi connectivity index (χ4n) is 1.17. The summed E-state index contributed by atoms with van der Waals surface area (Å²) in [6.45, 7) is 0. The zero-order chi connectivity index (χ0) is 10.1. The summed E-state index contributed by atoms with van der Waals surface area (Å²) < 4.78 is 4.45. The molecular weight excluding hydrogens is 186 g/mol. The Balaban J connectivity index is 2.71. The van der Waals surface area contributed by atoms with E-state index < -0.39 is 11.5 Å². The van der Waals surface area contributed by atoms with Crippen LogP contribution in [0.4, 0.5) is 0 Å². The van der Waals surface area contributed by atoms with Crippen molar-refractivity contribution in [2.75, 3.05) is 7.11 Å². The highest BCUT2D eigenvalue weighted by Gasteiger charge is 2.12. The summed E-state index contributed by atoms with van der Waals surface area (Å²) >= 11 is 0. The van der Waals surface area contributed by atoms with E-state index >= 15 is 0 Å². The van der Waals surface area contributed by atoms with E-state index in [9.17, 15) is 9.59 Å². The molecule has 14 heavy (non-hydrogen) atoms. The van der Waals surface area contributed by atoms with Gasteiger partial charge in [-0.15, -0.1) is 0 Å². The molecule has 0 unspecified atom stereocenters. The highest BCUT2D eigenvalue weighted by atomic mass is 16.5. The molecule has 0 aliphatic heterocycles. The molecule has 0 radical (unpaired) electrons. The van der Waals surface area contributed by atoms with Gasteiger partial charge in [-0.2, -0.15) is 5.10 Å². The van der Waals surface area contributed by atoms with Crippen molar-refractivity contribution >= 4 is 17.0 Å². The molecule has 0 aliphatic rings. The summed E-state index contributed by atoms with van der Waals surface area (Å²) in [5, 5.41) is 6.97. The summed E-state index contributed by atoms with van der Waals surface area (Å²) in [4.78, 5) is 24.9. The van der Waals surface area contributed by atoms with Crippen LogP contribution in [-0.4, -0.2) is 28.3 Å². The van der Waals surface area contributed by atoms with Crippen LogP contribution >= 0.6 is 0 Å². The molecule has 6 heteroatoms. The molecular formula is C8H7N3O3. The molecule has 2 heterocycles. The van der Waals surface area contributed by atoms with Crippen molar-refractivity contribution in [3.8, 4) is 0 Å². The van der Waals surface area contributed by atoms with Gasteiger partial charge in [-0.05, 0) is 6.07 Å². The Hall–Kier alpha value is -2.11. The molecule has 0 amide bonds. The van der Waals surface area contributed by atoms with E-state index in [2.05, 4.69) is 19.9 Å². The Morgan fingerprint density at radius 1 is 1.57 bits per heavy atom. The first-order chi connectivity index (χ1) is 6.72. The van der Waals surface area contributed by atoms with Gasteiger partial charge in [0, 0.05) is 5.39 Å². The first kappa shape index (κ1) is 8.49. The molecule has 72 valence electrons. The maximum Gasteiger partial charge on any atom is 0.343 e. The highest BCUT2D eigenvalue weighted by Crippen LogP contribution is 2.06. The summed E-state index contributed by atoms with van der Waals surface area (Å²) in [5.41, 5.74) is -0.0300.